The molecule has 0 fully saturated rings. The number of halogens is 1. The standard InChI is InChI=1S/C16H16IN5OS2/c1-2-3-13-20-21-16(24)22(13)8-14(23)19-15-18-12(9-25-15)10-4-6-11(17)7-5-10/h4-7,9H,2-3,8H2,1H3,(H,21,24)(H,18,19,23). The highest BCUT2D eigenvalue weighted by molar-refractivity contribution is 14.1. The number of anilines is 1. The Morgan fingerprint density at radius 1 is 1.40 bits per heavy atom. The lowest BCUT2D eigenvalue weighted by molar-refractivity contribution is -0.116. The molecule has 0 bridgehead atoms. The fraction of sp³-hybridized carbons (Fsp3) is 0.250. The number of aryl methyl sites for hydroxylation is 1. The van der Waals surface area contributed by atoms with Crippen LogP contribution in [0.25, 0.3) is 11.3 Å². The number of H-pyrrole nitrogens is 1. The fourth-order valence-corrected chi connectivity index (χ4v) is 3.63. The smallest absolute Gasteiger partial charge is 0.246 e. The first kappa shape index (κ1) is 18.2. The van der Waals surface area contributed by atoms with Crippen LogP contribution in [0.15, 0.2) is 29.6 Å². The van der Waals surface area contributed by atoms with E-state index >= 15 is 0 Å². The lowest BCUT2D eigenvalue weighted by Gasteiger charge is -2.05. The molecule has 0 radical (unpaired) electrons. The van der Waals surface area contributed by atoms with Crippen LogP contribution in [0.3, 0.4) is 0 Å². The van der Waals surface area contributed by atoms with E-state index in [-0.39, 0.29) is 12.5 Å². The Bertz CT molecular complexity index is 929. The van der Waals surface area contributed by atoms with Gasteiger partial charge in [0.2, 0.25) is 5.91 Å². The summed E-state index contributed by atoms with van der Waals surface area (Å²) in [6, 6.07) is 8.10. The van der Waals surface area contributed by atoms with Crippen molar-refractivity contribution in [1.82, 2.24) is 19.7 Å². The minimum Gasteiger partial charge on any atom is -0.300 e. The highest BCUT2D eigenvalue weighted by Gasteiger charge is 2.12. The van der Waals surface area contributed by atoms with Crippen LogP contribution >= 0.6 is 46.1 Å². The zero-order valence-corrected chi connectivity index (χ0v) is 17.2. The van der Waals surface area contributed by atoms with E-state index in [2.05, 4.69) is 50.0 Å². The van der Waals surface area contributed by atoms with Gasteiger partial charge in [0.1, 0.15) is 12.4 Å². The summed E-state index contributed by atoms with van der Waals surface area (Å²) < 4.78 is 3.35. The predicted octanol–water partition coefficient (Wildman–Crippen LogP) is 4.26. The van der Waals surface area contributed by atoms with E-state index in [0.717, 1.165) is 29.9 Å². The summed E-state index contributed by atoms with van der Waals surface area (Å²) in [6.07, 6.45) is 1.71. The first-order valence-electron chi connectivity index (χ1n) is 7.72. The molecule has 6 nitrogen and oxygen atoms in total. The Labute approximate surface area is 167 Å². The van der Waals surface area contributed by atoms with Crippen LogP contribution in [0, 0.1) is 8.34 Å². The van der Waals surface area contributed by atoms with E-state index in [4.69, 9.17) is 12.2 Å². The quantitative estimate of drug-likeness (QED) is 0.404. The lowest BCUT2D eigenvalue weighted by Crippen LogP contribution is -2.20. The number of carbonyl (C=O) groups excluding carboxylic acids is 1. The van der Waals surface area contributed by atoms with Gasteiger partial charge in [0.05, 0.1) is 5.69 Å². The molecule has 3 rings (SSSR count). The van der Waals surface area contributed by atoms with E-state index in [1.54, 1.807) is 4.57 Å². The van der Waals surface area contributed by atoms with Crippen LogP contribution in [0.4, 0.5) is 5.13 Å². The van der Waals surface area contributed by atoms with E-state index in [1.807, 2.05) is 29.6 Å². The zero-order chi connectivity index (χ0) is 17.8. The highest BCUT2D eigenvalue weighted by atomic mass is 127. The maximum absolute atomic E-state index is 12.3. The molecule has 2 N–H and O–H groups in total. The molecule has 2 aromatic heterocycles. The normalized spacial score (nSPS) is 10.8. The van der Waals surface area contributed by atoms with Gasteiger partial charge in [-0.05, 0) is 53.4 Å². The number of rotatable bonds is 6. The first-order chi connectivity index (χ1) is 12.1. The minimum absolute atomic E-state index is 0.128. The SMILES string of the molecule is CCCc1n[nH]c(=S)n1CC(=O)Nc1nc(-c2ccc(I)cc2)cs1. The average molecular weight is 485 g/mol. The molecular formula is C16H16IN5OS2. The third kappa shape index (κ3) is 4.53. The Morgan fingerprint density at radius 2 is 2.16 bits per heavy atom. The second-order valence-electron chi connectivity index (χ2n) is 5.37. The van der Waals surface area contributed by atoms with E-state index in [9.17, 15) is 4.79 Å². The number of aromatic amines is 1. The van der Waals surface area contributed by atoms with Crippen LogP contribution in [0.5, 0.6) is 0 Å². The van der Waals surface area contributed by atoms with Gasteiger partial charge in [-0.1, -0.05) is 19.1 Å². The summed E-state index contributed by atoms with van der Waals surface area (Å²) in [5, 5.41) is 12.3. The highest BCUT2D eigenvalue weighted by Crippen LogP contribution is 2.25. The second kappa shape index (κ2) is 8.19. The molecule has 0 saturated heterocycles. The van der Waals surface area contributed by atoms with Gasteiger partial charge < -0.3 is 5.32 Å². The first-order valence-corrected chi connectivity index (χ1v) is 10.1. The summed E-state index contributed by atoms with van der Waals surface area (Å²) in [7, 11) is 0. The van der Waals surface area contributed by atoms with Gasteiger partial charge in [0, 0.05) is 20.9 Å². The summed E-state index contributed by atoms with van der Waals surface area (Å²) in [6.45, 7) is 2.19. The third-order valence-corrected chi connectivity index (χ3v) is 5.29. The molecule has 0 aliphatic rings. The van der Waals surface area contributed by atoms with Gasteiger partial charge in [-0.15, -0.1) is 11.3 Å². The van der Waals surface area contributed by atoms with Crippen molar-refractivity contribution in [3.8, 4) is 11.3 Å². The summed E-state index contributed by atoms with van der Waals surface area (Å²) >= 11 is 8.87. The topological polar surface area (TPSA) is 75.6 Å². The number of aromatic nitrogens is 4. The van der Waals surface area contributed by atoms with Gasteiger partial charge >= 0.3 is 0 Å². The monoisotopic (exact) mass is 485 g/mol. The van der Waals surface area contributed by atoms with Gasteiger partial charge in [0.25, 0.3) is 0 Å². The molecule has 1 amide bonds. The average Bonchev–Trinajstić information content (AvgIpc) is 3.18. The van der Waals surface area contributed by atoms with Crippen molar-refractivity contribution in [2.45, 2.75) is 26.3 Å². The molecule has 3 aromatic rings. The molecule has 0 aliphatic heterocycles. The van der Waals surface area contributed by atoms with Crippen molar-refractivity contribution in [3.63, 3.8) is 0 Å². The van der Waals surface area contributed by atoms with Gasteiger partial charge in [0.15, 0.2) is 9.90 Å². The van der Waals surface area contributed by atoms with Crippen molar-refractivity contribution in [2.24, 2.45) is 0 Å². The van der Waals surface area contributed by atoms with Gasteiger partial charge in [-0.25, -0.2) is 4.98 Å². The van der Waals surface area contributed by atoms with E-state index in [0.29, 0.717) is 9.90 Å². The van der Waals surface area contributed by atoms with Crippen molar-refractivity contribution >= 4 is 57.2 Å². The number of nitrogens with one attached hydrogen (secondary N) is 2. The number of nitrogens with zero attached hydrogens (tertiary/aromatic N) is 3. The molecular weight excluding hydrogens is 469 g/mol. The van der Waals surface area contributed by atoms with Crippen LogP contribution in [-0.4, -0.2) is 25.7 Å². The van der Waals surface area contributed by atoms with Crippen molar-refractivity contribution in [1.29, 1.82) is 0 Å². The molecule has 0 saturated carbocycles. The summed E-state index contributed by atoms with van der Waals surface area (Å²) in [4.78, 5) is 16.8. The van der Waals surface area contributed by atoms with Crippen molar-refractivity contribution < 1.29 is 4.79 Å². The molecule has 2 heterocycles. The van der Waals surface area contributed by atoms with Crippen molar-refractivity contribution in [2.75, 3.05) is 5.32 Å². The number of carbonyl (C=O) groups is 1. The zero-order valence-electron chi connectivity index (χ0n) is 13.5. The fourth-order valence-electron chi connectivity index (χ4n) is 2.31. The minimum atomic E-state index is -0.168. The van der Waals surface area contributed by atoms with Crippen LogP contribution in [0.2, 0.25) is 0 Å². The Balaban J connectivity index is 1.69. The number of benzene rings is 1. The molecule has 0 unspecified atom stereocenters. The maximum Gasteiger partial charge on any atom is 0.246 e. The van der Waals surface area contributed by atoms with Crippen LogP contribution in [-0.2, 0) is 17.8 Å². The van der Waals surface area contributed by atoms with Gasteiger partial charge in [-0.3, -0.25) is 14.5 Å². The predicted molar refractivity (Wildman–Crippen MR) is 110 cm³/mol. The molecule has 130 valence electrons. The Hall–Kier alpha value is -1.59. The summed E-state index contributed by atoms with van der Waals surface area (Å²) in [5.41, 5.74) is 1.88. The van der Waals surface area contributed by atoms with Crippen molar-refractivity contribution in [3.05, 3.63) is 43.8 Å². The second-order valence-corrected chi connectivity index (χ2v) is 7.86. The maximum atomic E-state index is 12.3. The number of hydrogen-bond donors (Lipinski definition) is 2. The molecule has 9 heteroatoms. The lowest BCUT2D eigenvalue weighted by atomic mass is 10.2. The number of thiazole rings is 1. The number of hydrogen-bond acceptors (Lipinski definition) is 5. The number of amides is 1. The molecule has 0 spiro atoms. The third-order valence-electron chi connectivity index (χ3n) is 3.50. The Morgan fingerprint density at radius 3 is 2.88 bits per heavy atom. The molecule has 25 heavy (non-hydrogen) atoms. The van der Waals surface area contributed by atoms with E-state index < -0.39 is 0 Å². The molecule has 0 aliphatic carbocycles. The largest absolute Gasteiger partial charge is 0.300 e. The van der Waals surface area contributed by atoms with E-state index in [1.165, 1.54) is 14.9 Å². The van der Waals surface area contributed by atoms with Crippen LogP contribution < -0.4 is 5.32 Å². The molecule has 1 aromatic carbocycles. The van der Waals surface area contributed by atoms with Gasteiger partial charge in [-0.2, -0.15) is 5.10 Å². The Kier molecular flexibility index (Phi) is 5.97. The van der Waals surface area contributed by atoms with Crippen LogP contribution in [0.1, 0.15) is 19.2 Å². The summed E-state index contributed by atoms with van der Waals surface area (Å²) in [5.74, 6) is 0.625. The molecule has 0 atom stereocenters.